The summed E-state index contributed by atoms with van der Waals surface area (Å²) >= 11 is 0. The molecule has 6 rings (SSSR count). The van der Waals surface area contributed by atoms with E-state index in [9.17, 15) is 9.90 Å². The largest absolute Gasteiger partial charge is 0.512 e. The van der Waals surface area contributed by atoms with Gasteiger partial charge in [0, 0.05) is 60.9 Å². The first-order valence-corrected chi connectivity index (χ1v) is 19.7. The fraction of sp³-hybridized carbons (Fsp3) is 0.458. The number of hydrogen-bond acceptors (Lipinski definition) is 4. The second kappa shape index (κ2) is 18.2. The van der Waals surface area contributed by atoms with Gasteiger partial charge in [-0.05, 0) is 91.9 Å². The predicted octanol–water partition coefficient (Wildman–Crippen LogP) is 14.0. The Kier molecular flexibility index (Phi) is 14.5. The summed E-state index contributed by atoms with van der Waals surface area (Å²) in [4.78, 5) is 16.4. The molecule has 0 spiro atoms. The van der Waals surface area contributed by atoms with Crippen molar-refractivity contribution >= 4 is 27.5 Å². The van der Waals surface area contributed by atoms with Crippen molar-refractivity contribution in [2.75, 3.05) is 0 Å². The van der Waals surface area contributed by atoms with Gasteiger partial charge in [-0.3, -0.25) is 9.78 Å². The third-order valence-electron chi connectivity index (χ3n) is 11.3. The molecular weight excluding hydrogens is 831 g/mol. The quantitative estimate of drug-likeness (QED) is 0.0862. The Bertz CT molecular complexity index is 1990. The van der Waals surface area contributed by atoms with Crippen LogP contribution in [0.25, 0.3) is 44.3 Å². The van der Waals surface area contributed by atoms with E-state index in [1.54, 1.807) is 0 Å². The minimum Gasteiger partial charge on any atom is -0.512 e. The minimum atomic E-state index is 0. The maximum Gasteiger partial charge on any atom is 0.162 e. The van der Waals surface area contributed by atoms with Crippen LogP contribution in [0, 0.1) is 23.3 Å². The summed E-state index contributed by atoms with van der Waals surface area (Å²) in [5, 5.41) is 13.3. The second-order valence-corrected chi connectivity index (χ2v) is 16.7. The Morgan fingerprint density at radius 1 is 0.925 bits per heavy atom. The van der Waals surface area contributed by atoms with Gasteiger partial charge in [-0.1, -0.05) is 110 Å². The molecule has 1 radical (unpaired) electrons. The van der Waals surface area contributed by atoms with Gasteiger partial charge < -0.3 is 9.52 Å². The van der Waals surface area contributed by atoms with E-state index < -0.39 is 0 Å². The van der Waals surface area contributed by atoms with Crippen molar-refractivity contribution in [1.29, 1.82) is 0 Å². The van der Waals surface area contributed by atoms with Crippen LogP contribution >= 0.6 is 0 Å². The standard InChI is InChI=1S/C35H36NO.C13H24O2.Ir/c1-34(2,3)30-19-28(18-25-8-6-7-9-29(25)30)31-20-27(14-17-36-31)33-22-26-11-10-24(21-32(26)37-33)23-12-15-35(4,5)16-13-23;1-5-10(6-2)12(14)9-13(15)11(7-3)8-4;/h6-11,14,17,19-23H,12-13,15-16H2,1-5H3;9-11,14H,5-8H2,1-4H3;/q-1;;/b;12-9-;. The van der Waals surface area contributed by atoms with Gasteiger partial charge in [0.2, 0.25) is 0 Å². The number of carbonyl (C=O) groups is 1. The molecule has 0 atom stereocenters. The molecule has 0 amide bonds. The minimum absolute atomic E-state index is 0. The summed E-state index contributed by atoms with van der Waals surface area (Å²) in [5.74, 6) is 2.07. The molecule has 0 saturated heterocycles. The van der Waals surface area contributed by atoms with Crippen molar-refractivity contribution < 1.29 is 34.4 Å². The second-order valence-electron chi connectivity index (χ2n) is 16.7. The summed E-state index contributed by atoms with van der Waals surface area (Å²) < 4.78 is 6.43. The van der Waals surface area contributed by atoms with Crippen molar-refractivity contribution in [2.24, 2.45) is 17.3 Å². The van der Waals surface area contributed by atoms with Gasteiger partial charge in [0.25, 0.3) is 0 Å². The number of rotatable bonds is 10. The van der Waals surface area contributed by atoms with Crippen LogP contribution in [0.2, 0.25) is 0 Å². The Hall–Kier alpha value is -3.53. The van der Waals surface area contributed by atoms with Crippen LogP contribution in [0.1, 0.15) is 131 Å². The number of aliphatic hydroxyl groups is 1. The maximum atomic E-state index is 11.7. The molecule has 0 unspecified atom stereocenters. The smallest absolute Gasteiger partial charge is 0.162 e. The molecule has 285 valence electrons. The van der Waals surface area contributed by atoms with Crippen LogP contribution in [0.5, 0.6) is 0 Å². The Morgan fingerprint density at radius 3 is 2.23 bits per heavy atom. The van der Waals surface area contributed by atoms with Gasteiger partial charge in [0.1, 0.15) is 11.3 Å². The van der Waals surface area contributed by atoms with Crippen molar-refractivity contribution in [3.8, 4) is 22.6 Å². The number of nitrogens with zero attached hydrogens (tertiary/aromatic N) is 1. The van der Waals surface area contributed by atoms with Gasteiger partial charge in [-0.2, -0.15) is 0 Å². The third kappa shape index (κ3) is 10.4. The fourth-order valence-electron chi connectivity index (χ4n) is 7.68. The molecule has 53 heavy (non-hydrogen) atoms. The number of fused-ring (bicyclic) bond motifs is 2. The Labute approximate surface area is 332 Å². The summed E-state index contributed by atoms with van der Waals surface area (Å²) in [6, 6.07) is 27.5. The molecule has 2 heterocycles. The molecule has 3 aromatic carbocycles. The zero-order valence-electron chi connectivity index (χ0n) is 33.4. The summed E-state index contributed by atoms with van der Waals surface area (Å²) in [6.45, 7) is 19.7. The van der Waals surface area contributed by atoms with E-state index in [4.69, 9.17) is 9.40 Å². The number of aromatic nitrogens is 1. The van der Waals surface area contributed by atoms with E-state index in [0.717, 1.165) is 64.6 Å². The zero-order valence-corrected chi connectivity index (χ0v) is 35.8. The fourth-order valence-corrected chi connectivity index (χ4v) is 7.68. The molecule has 4 nitrogen and oxygen atoms in total. The van der Waals surface area contributed by atoms with Crippen LogP contribution in [0.4, 0.5) is 0 Å². The molecule has 1 aliphatic carbocycles. The third-order valence-corrected chi connectivity index (χ3v) is 11.3. The first-order valence-electron chi connectivity index (χ1n) is 19.7. The van der Waals surface area contributed by atoms with Crippen molar-refractivity contribution in [2.45, 2.75) is 125 Å². The number of carbonyl (C=O) groups excluding carboxylic acids is 1. The van der Waals surface area contributed by atoms with Crippen molar-refractivity contribution in [3.05, 3.63) is 102 Å². The molecule has 0 aliphatic heterocycles. The summed E-state index contributed by atoms with van der Waals surface area (Å²) in [5.41, 5.74) is 7.18. The average molecular weight is 891 g/mol. The first kappa shape index (κ1) is 42.2. The Morgan fingerprint density at radius 2 is 1.58 bits per heavy atom. The zero-order chi connectivity index (χ0) is 37.6. The van der Waals surface area contributed by atoms with Gasteiger partial charge in [-0.15, -0.1) is 29.1 Å². The molecule has 5 heteroatoms. The van der Waals surface area contributed by atoms with E-state index in [2.05, 4.69) is 101 Å². The summed E-state index contributed by atoms with van der Waals surface area (Å²) in [6.07, 6.45) is 11.9. The first-order chi connectivity index (χ1) is 24.8. The topological polar surface area (TPSA) is 63.3 Å². The monoisotopic (exact) mass is 891 g/mol. The summed E-state index contributed by atoms with van der Waals surface area (Å²) in [7, 11) is 0. The molecule has 5 aromatic rings. The van der Waals surface area contributed by atoms with Crippen LogP contribution in [0.3, 0.4) is 0 Å². The number of benzene rings is 3. The molecular formula is C48H60IrNO3-. The number of hydrogen-bond donors (Lipinski definition) is 1. The van der Waals surface area contributed by atoms with E-state index in [0.29, 0.717) is 11.3 Å². The van der Waals surface area contributed by atoms with Gasteiger partial charge in [-0.25, -0.2) is 0 Å². The molecule has 1 saturated carbocycles. The molecule has 2 aromatic heterocycles. The van der Waals surface area contributed by atoms with Crippen LogP contribution in [0.15, 0.2) is 89.2 Å². The molecule has 1 N–H and O–H groups in total. The van der Waals surface area contributed by atoms with Crippen LogP contribution < -0.4 is 0 Å². The van der Waals surface area contributed by atoms with Crippen molar-refractivity contribution in [3.63, 3.8) is 0 Å². The van der Waals surface area contributed by atoms with Gasteiger partial charge in [0.05, 0.1) is 5.76 Å². The predicted molar refractivity (Wildman–Crippen MR) is 219 cm³/mol. The van der Waals surface area contributed by atoms with E-state index in [1.807, 2.05) is 40.0 Å². The SMILES string of the molecule is CC1(C)CCC(c2ccc3cc(-c4ccnc(-c5[c-]c6ccccc6c(C(C)(C)C)c5)c4)oc3c2)CC1.CCC(CC)C(=O)/C=C(\O)C(CC)CC.[Ir]. The Balaban J connectivity index is 0.000000335. The van der Waals surface area contributed by atoms with E-state index in [-0.39, 0.29) is 48.9 Å². The number of furan rings is 1. The van der Waals surface area contributed by atoms with Gasteiger partial charge >= 0.3 is 0 Å². The van der Waals surface area contributed by atoms with Gasteiger partial charge in [0.15, 0.2) is 5.78 Å². The van der Waals surface area contributed by atoms with Crippen LogP contribution in [-0.4, -0.2) is 15.9 Å². The number of allylic oxidation sites excluding steroid dienone is 2. The average Bonchev–Trinajstić information content (AvgIpc) is 3.56. The van der Waals surface area contributed by atoms with E-state index >= 15 is 0 Å². The molecule has 1 aliphatic rings. The number of aliphatic hydroxyl groups excluding tert-OH is 1. The van der Waals surface area contributed by atoms with Crippen LogP contribution in [-0.2, 0) is 30.3 Å². The maximum absolute atomic E-state index is 11.7. The number of pyridine rings is 1. The number of ketones is 1. The van der Waals surface area contributed by atoms with Crippen molar-refractivity contribution in [1.82, 2.24) is 4.98 Å². The normalized spacial score (nSPS) is 15.0. The molecule has 0 bridgehead atoms. The van der Waals surface area contributed by atoms with E-state index in [1.165, 1.54) is 48.3 Å². The molecule has 1 fully saturated rings.